The summed E-state index contributed by atoms with van der Waals surface area (Å²) in [5, 5.41) is 8.99. The van der Waals surface area contributed by atoms with E-state index in [9.17, 15) is 4.79 Å². The average Bonchev–Trinajstić information content (AvgIpc) is 2.29. The van der Waals surface area contributed by atoms with Gasteiger partial charge in [-0.3, -0.25) is 0 Å². The van der Waals surface area contributed by atoms with Crippen molar-refractivity contribution in [3.05, 3.63) is 18.1 Å². The Labute approximate surface area is 96.8 Å². The molecule has 1 saturated heterocycles. The topological polar surface area (TPSA) is 75.5 Å². The van der Waals surface area contributed by atoms with Gasteiger partial charge in [0, 0.05) is 12.7 Å². The second-order valence-corrected chi connectivity index (χ2v) is 3.78. The Bertz CT molecular complexity index is 401. The Morgan fingerprint density at radius 3 is 3.19 bits per heavy atom. The summed E-state index contributed by atoms with van der Waals surface area (Å²) in [6, 6.07) is 0. The van der Waals surface area contributed by atoms with E-state index in [2.05, 4.69) is 9.97 Å². The minimum absolute atomic E-state index is 0.0771. The van der Waals surface area contributed by atoms with Gasteiger partial charge in [-0.25, -0.2) is 14.8 Å². The predicted octanol–water partition coefficient (Wildman–Crippen LogP) is 0.576. The number of rotatable bonds is 2. The van der Waals surface area contributed by atoms with Crippen LogP contribution in [0.3, 0.4) is 0 Å². The summed E-state index contributed by atoms with van der Waals surface area (Å²) in [6.45, 7) is 1.44. The molecule has 0 amide bonds. The van der Waals surface area contributed by atoms with Crippen molar-refractivity contribution in [2.24, 2.45) is 0 Å². The molecule has 1 N–H and O–H groups in total. The molecule has 1 aromatic heterocycles. The number of aromatic nitrogens is 2. The molecule has 0 aromatic carbocycles. The van der Waals surface area contributed by atoms with Crippen LogP contribution in [0.5, 0.6) is 0 Å². The van der Waals surface area contributed by atoms with E-state index in [4.69, 9.17) is 21.4 Å². The van der Waals surface area contributed by atoms with Crippen LogP contribution in [0.4, 0.5) is 5.82 Å². The highest BCUT2D eigenvalue weighted by Gasteiger charge is 2.23. The van der Waals surface area contributed by atoms with Crippen LogP contribution in [-0.4, -0.2) is 46.3 Å². The molecule has 7 heteroatoms. The van der Waals surface area contributed by atoms with Gasteiger partial charge in [0.25, 0.3) is 0 Å². The molecule has 0 bridgehead atoms. The van der Waals surface area contributed by atoms with Crippen LogP contribution in [0.1, 0.15) is 10.4 Å². The van der Waals surface area contributed by atoms with Crippen LogP contribution in [0.2, 0.25) is 0 Å². The lowest BCUT2D eigenvalue weighted by atomic mass is 10.2. The Morgan fingerprint density at radius 2 is 2.50 bits per heavy atom. The maximum atomic E-state index is 11.0. The fourth-order valence-electron chi connectivity index (χ4n) is 1.53. The quantitative estimate of drug-likeness (QED) is 0.766. The summed E-state index contributed by atoms with van der Waals surface area (Å²) in [7, 11) is 0. The number of nitrogens with zero attached hydrogens (tertiary/aromatic N) is 3. The first-order valence-corrected chi connectivity index (χ1v) is 5.16. The van der Waals surface area contributed by atoms with E-state index in [-0.39, 0.29) is 5.56 Å². The van der Waals surface area contributed by atoms with Gasteiger partial charge in [-0.15, -0.1) is 0 Å². The standard InChI is InChI=1S/C9H10ClN3O3/c10-7-4-13(1-2-16-7)8-6(9(14)15)3-11-5-12-8/h3,5,7H,1-2,4H2,(H,14,15). The van der Waals surface area contributed by atoms with Crippen molar-refractivity contribution in [3.8, 4) is 0 Å². The first-order valence-electron chi connectivity index (χ1n) is 4.72. The number of hydrogen-bond acceptors (Lipinski definition) is 5. The predicted molar refractivity (Wildman–Crippen MR) is 56.8 cm³/mol. The Kier molecular flexibility index (Phi) is 3.21. The van der Waals surface area contributed by atoms with Gasteiger partial charge in [0.15, 0.2) is 0 Å². The van der Waals surface area contributed by atoms with Gasteiger partial charge in [-0.2, -0.15) is 0 Å². The fourth-order valence-corrected chi connectivity index (χ4v) is 1.78. The zero-order valence-electron chi connectivity index (χ0n) is 8.34. The number of ether oxygens (including phenoxy) is 1. The van der Waals surface area contributed by atoms with Gasteiger partial charge in [-0.05, 0) is 0 Å². The van der Waals surface area contributed by atoms with E-state index < -0.39 is 11.5 Å². The van der Waals surface area contributed by atoms with E-state index in [0.29, 0.717) is 25.5 Å². The van der Waals surface area contributed by atoms with Crippen LogP contribution in [0.15, 0.2) is 12.5 Å². The van der Waals surface area contributed by atoms with Crippen molar-refractivity contribution in [3.63, 3.8) is 0 Å². The molecule has 1 aliphatic rings. The SMILES string of the molecule is O=C(O)c1cncnc1N1CCOC(Cl)C1. The van der Waals surface area contributed by atoms with E-state index in [0.717, 1.165) is 0 Å². The molecule has 0 spiro atoms. The maximum Gasteiger partial charge on any atom is 0.341 e. The third kappa shape index (κ3) is 2.23. The first kappa shape index (κ1) is 11.1. The second-order valence-electron chi connectivity index (χ2n) is 3.29. The third-order valence-corrected chi connectivity index (χ3v) is 2.51. The Hall–Kier alpha value is -1.40. The number of halogens is 1. The number of carboxylic acids is 1. The molecule has 2 heterocycles. The first-order chi connectivity index (χ1) is 7.68. The molecular weight excluding hydrogens is 234 g/mol. The highest BCUT2D eigenvalue weighted by Crippen LogP contribution is 2.20. The summed E-state index contributed by atoms with van der Waals surface area (Å²) in [6.07, 6.45) is 2.60. The molecule has 1 unspecified atom stereocenters. The average molecular weight is 244 g/mol. The largest absolute Gasteiger partial charge is 0.477 e. The van der Waals surface area contributed by atoms with Gasteiger partial charge in [0.1, 0.15) is 23.3 Å². The Morgan fingerprint density at radius 1 is 1.69 bits per heavy atom. The molecule has 0 aliphatic carbocycles. The van der Waals surface area contributed by atoms with Gasteiger partial charge in [-0.1, -0.05) is 11.6 Å². The molecule has 0 radical (unpaired) electrons. The van der Waals surface area contributed by atoms with Crippen LogP contribution >= 0.6 is 11.6 Å². The van der Waals surface area contributed by atoms with Crippen molar-refractivity contribution < 1.29 is 14.6 Å². The number of hydrogen-bond donors (Lipinski definition) is 1. The van der Waals surface area contributed by atoms with E-state index in [1.54, 1.807) is 4.90 Å². The number of alkyl halides is 1. The van der Waals surface area contributed by atoms with Crippen molar-refractivity contribution in [1.82, 2.24) is 9.97 Å². The van der Waals surface area contributed by atoms with Crippen molar-refractivity contribution in [2.45, 2.75) is 5.56 Å². The molecule has 16 heavy (non-hydrogen) atoms. The smallest absolute Gasteiger partial charge is 0.341 e. The van der Waals surface area contributed by atoms with Gasteiger partial charge < -0.3 is 14.7 Å². The highest BCUT2D eigenvalue weighted by atomic mass is 35.5. The summed E-state index contributed by atoms with van der Waals surface area (Å²) in [4.78, 5) is 20.4. The minimum atomic E-state index is -1.05. The van der Waals surface area contributed by atoms with Crippen LogP contribution in [0, 0.1) is 0 Å². The van der Waals surface area contributed by atoms with Crippen LogP contribution < -0.4 is 4.90 Å². The zero-order chi connectivity index (χ0) is 11.5. The van der Waals surface area contributed by atoms with E-state index in [1.807, 2.05) is 0 Å². The van der Waals surface area contributed by atoms with Crippen molar-refractivity contribution in [1.29, 1.82) is 0 Å². The number of anilines is 1. The molecule has 1 aromatic rings. The number of aromatic carboxylic acids is 1. The highest BCUT2D eigenvalue weighted by molar-refractivity contribution is 6.20. The zero-order valence-corrected chi connectivity index (χ0v) is 9.09. The van der Waals surface area contributed by atoms with Crippen molar-refractivity contribution in [2.75, 3.05) is 24.6 Å². The lowest BCUT2D eigenvalue weighted by Gasteiger charge is -2.31. The molecule has 1 aliphatic heterocycles. The summed E-state index contributed by atoms with van der Waals surface area (Å²) in [5.74, 6) is -0.662. The molecule has 0 saturated carbocycles. The van der Waals surface area contributed by atoms with Gasteiger partial charge in [0.2, 0.25) is 0 Å². The lowest BCUT2D eigenvalue weighted by Crippen LogP contribution is -2.41. The summed E-state index contributed by atoms with van der Waals surface area (Å²) in [5.41, 5.74) is -0.362. The summed E-state index contributed by atoms with van der Waals surface area (Å²) < 4.78 is 5.16. The molecule has 6 nitrogen and oxygen atoms in total. The lowest BCUT2D eigenvalue weighted by molar-refractivity contribution is 0.0693. The molecular formula is C9H10ClN3O3. The minimum Gasteiger partial charge on any atom is -0.477 e. The second kappa shape index (κ2) is 4.63. The number of carbonyl (C=O) groups is 1. The monoisotopic (exact) mass is 243 g/mol. The van der Waals surface area contributed by atoms with Crippen LogP contribution in [0.25, 0.3) is 0 Å². The summed E-state index contributed by atoms with van der Waals surface area (Å²) >= 11 is 5.84. The van der Waals surface area contributed by atoms with E-state index in [1.165, 1.54) is 12.5 Å². The van der Waals surface area contributed by atoms with Crippen LogP contribution in [-0.2, 0) is 4.74 Å². The Balaban J connectivity index is 2.28. The molecule has 2 rings (SSSR count). The number of carboxylic acid groups (broad SMARTS) is 1. The van der Waals surface area contributed by atoms with Gasteiger partial charge in [0.05, 0.1) is 13.2 Å². The fraction of sp³-hybridized carbons (Fsp3) is 0.444. The molecule has 1 atom stereocenters. The molecule has 86 valence electrons. The third-order valence-electron chi connectivity index (χ3n) is 2.24. The van der Waals surface area contributed by atoms with E-state index >= 15 is 0 Å². The molecule has 1 fully saturated rings. The maximum absolute atomic E-state index is 11.0. The van der Waals surface area contributed by atoms with Gasteiger partial charge >= 0.3 is 5.97 Å². The van der Waals surface area contributed by atoms with Crippen molar-refractivity contribution >= 4 is 23.4 Å². The number of morpholine rings is 1. The normalized spacial score (nSPS) is 20.8.